The second-order valence-corrected chi connectivity index (χ2v) is 6.94. The van der Waals surface area contributed by atoms with E-state index in [4.69, 9.17) is 9.47 Å². The summed E-state index contributed by atoms with van der Waals surface area (Å²) in [4.78, 5) is 17.1. The molecule has 0 aromatic heterocycles. The Bertz CT molecular complexity index is 798. The normalized spacial score (nSPS) is 15.4. The number of carbonyl (C=O) groups is 1. The summed E-state index contributed by atoms with van der Waals surface area (Å²) in [6.45, 7) is 9.15. The Morgan fingerprint density at radius 3 is 2.30 bits per heavy atom. The van der Waals surface area contributed by atoms with Crippen LogP contribution in [0, 0.1) is 13.8 Å². The molecule has 0 unspecified atom stereocenters. The van der Waals surface area contributed by atoms with Crippen molar-refractivity contribution in [2.24, 2.45) is 0 Å². The molecule has 1 aliphatic rings. The van der Waals surface area contributed by atoms with Gasteiger partial charge in [0, 0.05) is 31.9 Å². The van der Waals surface area contributed by atoms with Crippen molar-refractivity contribution < 1.29 is 14.3 Å². The van der Waals surface area contributed by atoms with Crippen LogP contribution in [-0.4, -0.2) is 50.2 Å². The maximum absolute atomic E-state index is 12.8. The molecule has 3 rings (SSSR count). The molecule has 0 saturated carbocycles. The molecule has 27 heavy (non-hydrogen) atoms. The molecule has 5 nitrogen and oxygen atoms in total. The third kappa shape index (κ3) is 4.18. The lowest BCUT2D eigenvalue weighted by molar-refractivity contribution is -0.138. The Morgan fingerprint density at radius 1 is 0.963 bits per heavy atom. The standard InChI is InChI=1S/C22H28N2O3/c1-16-8-7-9-19(17(16)2)23-12-14-24(15-13-23)22(25)18(3)27-21-11-6-5-10-20(21)26-4/h5-11,18H,12-15H2,1-4H3/t18-/m0/s1. The fraction of sp³-hybridized carbons (Fsp3) is 0.409. The van der Waals surface area contributed by atoms with E-state index in [1.807, 2.05) is 29.2 Å². The summed E-state index contributed by atoms with van der Waals surface area (Å²) < 4.78 is 11.2. The second kappa shape index (κ2) is 8.33. The quantitative estimate of drug-likeness (QED) is 0.811. The van der Waals surface area contributed by atoms with Gasteiger partial charge < -0.3 is 19.3 Å². The van der Waals surface area contributed by atoms with E-state index in [2.05, 4.69) is 36.9 Å². The van der Waals surface area contributed by atoms with Crippen LogP contribution >= 0.6 is 0 Å². The van der Waals surface area contributed by atoms with Gasteiger partial charge in [-0.15, -0.1) is 0 Å². The molecule has 5 heteroatoms. The lowest BCUT2D eigenvalue weighted by Crippen LogP contribution is -2.52. The Hall–Kier alpha value is -2.69. The summed E-state index contributed by atoms with van der Waals surface area (Å²) in [5, 5.41) is 0. The summed E-state index contributed by atoms with van der Waals surface area (Å²) >= 11 is 0. The van der Waals surface area contributed by atoms with Crippen LogP contribution < -0.4 is 14.4 Å². The minimum Gasteiger partial charge on any atom is -0.493 e. The average molecular weight is 368 g/mol. The van der Waals surface area contributed by atoms with E-state index in [-0.39, 0.29) is 5.91 Å². The van der Waals surface area contributed by atoms with Gasteiger partial charge in [0.05, 0.1) is 7.11 Å². The van der Waals surface area contributed by atoms with Crippen molar-refractivity contribution in [3.05, 3.63) is 53.6 Å². The minimum absolute atomic E-state index is 0.0153. The van der Waals surface area contributed by atoms with Crippen molar-refractivity contribution in [2.75, 3.05) is 38.2 Å². The lowest BCUT2D eigenvalue weighted by atomic mass is 10.1. The monoisotopic (exact) mass is 368 g/mol. The van der Waals surface area contributed by atoms with Crippen LogP contribution in [0.4, 0.5) is 5.69 Å². The molecule has 1 aliphatic heterocycles. The zero-order chi connectivity index (χ0) is 19.4. The third-order valence-electron chi connectivity index (χ3n) is 5.23. The van der Waals surface area contributed by atoms with Gasteiger partial charge in [-0.2, -0.15) is 0 Å². The number of carbonyl (C=O) groups excluding carboxylic acids is 1. The van der Waals surface area contributed by atoms with Gasteiger partial charge in [-0.3, -0.25) is 4.79 Å². The lowest BCUT2D eigenvalue weighted by Gasteiger charge is -2.38. The fourth-order valence-electron chi connectivity index (χ4n) is 3.46. The largest absolute Gasteiger partial charge is 0.493 e. The number of methoxy groups -OCH3 is 1. The van der Waals surface area contributed by atoms with E-state index >= 15 is 0 Å². The Morgan fingerprint density at radius 2 is 1.63 bits per heavy atom. The smallest absolute Gasteiger partial charge is 0.263 e. The van der Waals surface area contributed by atoms with Gasteiger partial charge in [-0.25, -0.2) is 0 Å². The minimum atomic E-state index is -0.548. The van der Waals surface area contributed by atoms with E-state index in [9.17, 15) is 4.79 Å². The molecule has 1 saturated heterocycles. The fourth-order valence-corrected chi connectivity index (χ4v) is 3.46. The number of ether oxygens (including phenoxy) is 2. The van der Waals surface area contributed by atoms with Crippen LogP contribution in [0.5, 0.6) is 11.5 Å². The molecule has 1 fully saturated rings. The molecule has 0 aliphatic carbocycles. The van der Waals surface area contributed by atoms with Gasteiger partial charge in [0.1, 0.15) is 0 Å². The first kappa shape index (κ1) is 19.1. The maximum Gasteiger partial charge on any atom is 0.263 e. The highest BCUT2D eigenvalue weighted by Gasteiger charge is 2.27. The average Bonchev–Trinajstić information content (AvgIpc) is 2.70. The number of hydrogen-bond acceptors (Lipinski definition) is 4. The van der Waals surface area contributed by atoms with Crippen LogP contribution in [0.15, 0.2) is 42.5 Å². The molecule has 0 radical (unpaired) electrons. The van der Waals surface area contributed by atoms with Crippen molar-refractivity contribution in [3.8, 4) is 11.5 Å². The van der Waals surface area contributed by atoms with E-state index in [0.29, 0.717) is 24.6 Å². The highest BCUT2D eigenvalue weighted by molar-refractivity contribution is 5.81. The first-order valence-electron chi connectivity index (χ1n) is 9.41. The predicted octanol–water partition coefficient (Wildman–Crippen LogP) is 3.43. The van der Waals surface area contributed by atoms with Crippen LogP contribution in [0.2, 0.25) is 0 Å². The van der Waals surface area contributed by atoms with Crippen LogP contribution in [-0.2, 0) is 4.79 Å². The molecule has 1 heterocycles. The Labute approximate surface area is 161 Å². The molecular formula is C22H28N2O3. The van der Waals surface area contributed by atoms with Crippen molar-refractivity contribution >= 4 is 11.6 Å². The van der Waals surface area contributed by atoms with Gasteiger partial charge in [-0.05, 0) is 50.1 Å². The summed E-state index contributed by atoms with van der Waals surface area (Å²) in [5.41, 5.74) is 3.87. The summed E-state index contributed by atoms with van der Waals surface area (Å²) in [7, 11) is 1.60. The number of rotatable bonds is 5. The Balaban J connectivity index is 1.60. The predicted molar refractivity (Wildman–Crippen MR) is 108 cm³/mol. The topological polar surface area (TPSA) is 42.0 Å². The molecule has 1 atom stereocenters. The number of hydrogen-bond donors (Lipinski definition) is 0. The van der Waals surface area contributed by atoms with E-state index < -0.39 is 6.10 Å². The molecule has 2 aromatic carbocycles. The van der Waals surface area contributed by atoms with Crippen LogP contribution in [0.1, 0.15) is 18.1 Å². The molecule has 1 amide bonds. The maximum atomic E-state index is 12.8. The van der Waals surface area contributed by atoms with Crippen molar-refractivity contribution in [2.45, 2.75) is 26.9 Å². The number of amides is 1. The SMILES string of the molecule is COc1ccccc1O[C@@H](C)C(=O)N1CCN(c2cccc(C)c2C)CC1. The van der Waals surface area contributed by atoms with Gasteiger partial charge in [0.2, 0.25) is 0 Å². The van der Waals surface area contributed by atoms with Crippen molar-refractivity contribution in [3.63, 3.8) is 0 Å². The van der Waals surface area contributed by atoms with E-state index in [1.165, 1.54) is 16.8 Å². The zero-order valence-corrected chi connectivity index (χ0v) is 16.6. The van der Waals surface area contributed by atoms with Gasteiger partial charge in [0.15, 0.2) is 17.6 Å². The van der Waals surface area contributed by atoms with Gasteiger partial charge in [0.25, 0.3) is 5.91 Å². The number of nitrogens with zero attached hydrogens (tertiary/aromatic N) is 2. The highest BCUT2D eigenvalue weighted by atomic mass is 16.5. The summed E-state index contributed by atoms with van der Waals surface area (Å²) in [6.07, 6.45) is -0.548. The van der Waals surface area contributed by atoms with E-state index in [1.54, 1.807) is 14.0 Å². The second-order valence-electron chi connectivity index (χ2n) is 6.94. The number of anilines is 1. The number of piperazine rings is 1. The van der Waals surface area contributed by atoms with Crippen LogP contribution in [0.3, 0.4) is 0 Å². The molecule has 0 N–H and O–H groups in total. The molecule has 2 aromatic rings. The molecule has 144 valence electrons. The number of para-hydroxylation sites is 2. The van der Waals surface area contributed by atoms with Gasteiger partial charge in [-0.1, -0.05) is 24.3 Å². The highest BCUT2D eigenvalue weighted by Crippen LogP contribution is 2.27. The zero-order valence-electron chi connectivity index (χ0n) is 16.6. The molecule has 0 bridgehead atoms. The van der Waals surface area contributed by atoms with Crippen molar-refractivity contribution in [1.82, 2.24) is 4.90 Å². The van der Waals surface area contributed by atoms with Gasteiger partial charge >= 0.3 is 0 Å². The number of aryl methyl sites for hydroxylation is 1. The first-order valence-corrected chi connectivity index (χ1v) is 9.41. The first-order chi connectivity index (χ1) is 13.0. The summed E-state index contributed by atoms with van der Waals surface area (Å²) in [6, 6.07) is 13.8. The molecular weight excluding hydrogens is 340 g/mol. The molecule has 0 spiro atoms. The third-order valence-corrected chi connectivity index (χ3v) is 5.23. The summed E-state index contributed by atoms with van der Waals surface area (Å²) in [5.74, 6) is 1.24. The van der Waals surface area contributed by atoms with E-state index in [0.717, 1.165) is 13.1 Å². The Kier molecular flexibility index (Phi) is 5.89. The number of benzene rings is 2. The van der Waals surface area contributed by atoms with Crippen LogP contribution in [0.25, 0.3) is 0 Å². The van der Waals surface area contributed by atoms with Crippen molar-refractivity contribution in [1.29, 1.82) is 0 Å².